The lowest BCUT2D eigenvalue weighted by Crippen LogP contribution is -2.25. The predicted molar refractivity (Wildman–Crippen MR) is 48.2 cm³/mol. The van der Waals surface area contributed by atoms with Crippen LogP contribution in [0.15, 0.2) is 16.5 Å². The molecule has 76 valence electrons. The second-order valence-electron chi connectivity index (χ2n) is 2.50. The van der Waals surface area contributed by atoms with Crippen LogP contribution in [0.2, 0.25) is 0 Å². The second-order valence-corrected chi connectivity index (χ2v) is 2.50. The van der Waals surface area contributed by atoms with Gasteiger partial charge in [-0.1, -0.05) is 0 Å². The van der Waals surface area contributed by atoms with E-state index in [1.54, 1.807) is 0 Å². The van der Waals surface area contributed by atoms with Gasteiger partial charge in [-0.25, -0.2) is 4.79 Å². The molecule has 0 aliphatic heterocycles. The molecule has 1 aromatic rings. The number of rotatable bonds is 4. The average molecular weight is 198 g/mol. The number of hydrogen-bond acceptors (Lipinski definition) is 4. The molecule has 0 atom stereocenters. The van der Waals surface area contributed by atoms with Crippen molar-refractivity contribution in [2.75, 3.05) is 18.9 Å². The van der Waals surface area contributed by atoms with E-state index in [4.69, 9.17) is 9.52 Å². The van der Waals surface area contributed by atoms with Crippen molar-refractivity contribution in [3.8, 4) is 0 Å². The summed E-state index contributed by atoms with van der Waals surface area (Å²) in [6.07, 6.45) is 0. The van der Waals surface area contributed by atoms with Crippen molar-refractivity contribution < 1.29 is 19.1 Å². The van der Waals surface area contributed by atoms with Crippen LogP contribution >= 0.6 is 0 Å². The third-order valence-corrected chi connectivity index (χ3v) is 1.52. The maximum absolute atomic E-state index is 10.8. The smallest absolute Gasteiger partial charge is 0.371 e. The molecule has 1 rings (SSSR count). The summed E-state index contributed by atoms with van der Waals surface area (Å²) in [5.41, 5.74) is 0. The average Bonchev–Trinajstić information content (AvgIpc) is 2.62. The number of amides is 1. The summed E-state index contributed by atoms with van der Waals surface area (Å²) >= 11 is 0. The molecule has 1 amide bonds. The quantitative estimate of drug-likeness (QED) is 0.639. The highest BCUT2D eigenvalue weighted by molar-refractivity contribution is 5.85. The zero-order chi connectivity index (χ0) is 10.6. The number of furan rings is 1. The number of aromatic carboxylic acids is 1. The van der Waals surface area contributed by atoms with Gasteiger partial charge in [0.25, 0.3) is 0 Å². The Morgan fingerprint density at radius 1 is 1.50 bits per heavy atom. The second kappa shape index (κ2) is 4.31. The SMILES string of the molecule is CNC(=O)CNc1ccc(C(=O)O)o1. The lowest BCUT2D eigenvalue weighted by atomic mass is 10.4. The maximum Gasteiger partial charge on any atom is 0.371 e. The van der Waals surface area contributed by atoms with E-state index in [9.17, 15) is 9.59 Å². The summed E-state index contributed by atoms with van der Waals surface area (Å²) in [5.74, 6) is -1.26. The number of carbonyl (C=O) groups is 2. The molecule has 0 unspecified atom stereocenters. The Kier molecular flexibility index (Phi) is 3.11. The standard InChI is InChI=1S/C8H10N2O4/c1-9-6(11)4-10-7-3-2-5(14-7)8(12)13/h2-3,10H,4H2,1H3,(H,9,11)(H,12,13). The molecule has 0 saturated heterocycles. The fraction of sp³-hybridized carbons (Fsp3) is 0.250. The molecule has 6 heteroatoms. The van der Waals surface area contributed by atoms with E-state index in [0.717, 1.165) is 0 Å². The molecular weight excluding hydrogens is 188 g/mol. The van der Waals surface area contributed by atoms with Gasteiger partial charge in [0, 0.05) is 13.1 Å². The molecule has 0 fully saturated rings. The fourth-order valence-corrected chi connectivity index (χ4v) is 0.804. The predicted octanol–water partition coefficient (Wildman–Crippen LogP) is 0.136. The lowest BCUT2D eigenvalue weighted by molar-refractivity contribution is -0.118. The van der Waals surface area contributed by atoms with Crippen LogP contribution in [-0.4, -0.2) is 30.6 Å². The van der Waals surface area contributed by atoms with Crippen LogP contribution in [0.4, 0.5) is 5.88 Å². The molecule has 6 nitrogen and oxygen atoms in total. The highest BCUT2D eigenvalue weighted by atomic mass is 16.4. The third kappa shape index (κ3) is 2.51. The van der Waals surface area contributed by atoms with Gasteiger partial charge in [-0.05, 0) is 6.07 Å². The first-order valence-electron chi connectivity index (χ1n) is 3.91. The summed E-state index contributed by atoms with van der Waals surface area (Å²) in [4.78, 5) is 21.2. The number of carbonyl (C=O) groups excluding carboxylic acids is 1. The maximum atomic E-state index is 10.8. The van der Waals surface area contributed by atoms with E-state index in [1.165, 1.54) is 19.2 Å². The van der Waals surface area contributed by atoms with Crippen molar-refractivity contribution in [2.24, 2.45) is 0 Å². The van der Waals surface area contributed by atoms with Gasteiger partial charge in [0.1, 0.15) is 0 Å². The van der Waals surface area contributed by atoms with Gasteiger partial charge in [0.15, 0.2) is 5.88 Å². The third-order valence-electron chi connectivity index (χ3n) is 1.52. The van der Waals surface area contributed by atoms with Gasteiger partial charge in [0.2, 0.25) is 11.7 Å². The molecule has 0 aliphatic rings. The van der Waals surface area contributed by atoms with Gasteiger partial charge in [0.05, 0.1) is 6.54 Å². The van der Waals surface area contributed by atoms with Gasteiger partial charge < -0.3 is 20.2 Å². The zero-order valence-electron chi connectivity index (χ0n) is 7.53. The minimum absolute atomic E-state index is 0.0447. The topological polar surface area (TPSA) is 91.6 Å². The summed E-state index contributed by atoms with van der Waals surface area (Å²) in [6.45, 7) is 0.0447. The van der Waals surface area contributed by atoms with E-state index < -0.39 is 5.97 Å². The Labute approximate surface area is 79.9 Å². The molecule has 1 heterocycles. The summed E-state index contributed by atoms with van der Waals surface area (Å²) in [5, 5.41) is 13.6. The first kappa shape index (κ1) is 10.1. The van der Waals surface area contributed by atoms with Gasteiger partial charge in [-0.15, -0.1) is 0 Å². The normalized spacial score (nSPS) is 9.50. The Morgan fingerprint density at radius 2 is 2.21 bits per heavy atom. The van der Waals surface area contributed by atoms with Crippen LogP contribution in [0.25, 0.3) is 0 Å². The molecule has 1 aromatic heterocycles. The van der Waals surface area contributed by atoms with Crippen molar-refractivity contribution in [2.45, 2.75) is 0 Å². The number of carboxylic acids is 1. The number of hydrogen-bond donors (Lipinski definition) is 3. The zero-order valence-corrected chi connectivity index (χ0v) is 7.53. The van der Waals surface area contributed by atoms with E-state index in [1.807, 2.05) is 0 Å². The Hall–Kier alpha value is -1.98. The van der Waals surface area contributed by atoms with Crippen LogP contribution in [-0.2, 0) is 4.79 Å². The van der Waals surface area contributed by atoms with Crippen LogP contribution in [0.1, 0.15) is 10.6 Å². The minimum Gasteiger partial charge on any atom is -0.475 e. The van der Waals surface area contributed by atoms with Crippen LogP contribution in [0, 0.1) is 0 Å². The van der Waals surface area contributed by atoms with Crippen LogP contribution < -0.4 is 10.6 Å². The molecule has 3 N–H and O–H groups in total. The van der Waals surface area contributed by atoms with E-state index in [2.05, 4.69) is 10.6 Å². The van der Waals surface area contributed by atoms with Crippen molar-refractivity contribution in [1.82, 2.24) is 5.32 Å². The number of likely N-dealkylation sites (N-methyl/N-ethyl adjacent to an activating group) is 1. The van der Waals surface area contributed by atoms with Crippen LogP contribution in [0.5, 0.6) is 0 Å². The van der Waals surface area contributed by atoms with Gasteiger partial charge in [-0.3, -0.25) is 4.79 Å². The number of nitrogens with one attached hydrogen (secondary N) is 2. The number of carboxylic acid groups (broad SMARTS) is 1. The van der Waals surface area contributed by atoms with Crippen molar-refractivity contribution in [3.05, 3.63) is 17.9 Å². The molecule has 0 saturated carbocycles. The lowest BCUT2D eigenvalue weighted by Gasteiger charge is -2.00. The number of anilines is 1. The van der Waals surface area contributed by atoms with Crippen molar-refractivity contribution >= 4 is 17.8 Å². The van der Waals surface area contributed by atoms with Crippen molar-refractivity contribution in [3.63, 3.8) is 0 Å². The Morgan fingerprint density at radius 3 is 2.71 bits per heavy atom. The molecule has 0 spiro atoms. The van der Waals surface area contributed by atoms with E-state index in [0.29, 0.717) is 0 Å². The van der Waals surface area contributed by atoms with Gasteiger partial charge >= 0.3 is 5.97 Å². The molecule has 0 aromatic carbocycles. The first-order valence-corrected chi connectivity index (χ1v) is 3.91. The largest absolute Gasteiger partial charge is 0.475 e. The fourth-order valence-electron chi connectivity index (χ4n) is 0.804. The van der Waals surface area contributed by atoms with Crippen molar-refractivity contribution in [1.29, 1.82) is 0 Å². The Balaban J connectivity index is 2.52. The first-order chi connectivity index (χ1) is 6.63. The highest BCUT2D eigenvalue weighted by Crippen LogP contribution is 2.12. The van der Waals surface area contributed by atoms with Gasteiger partial charge in [-0.2, -0.15) is 0 Å². The van der Waals surface area contributed by atoms with Crippen LogP contribution in [0.3, 0.4) is 0 Å². The van der Waals surface area contributed by atoms with E-state index >= 15 is 0 Å². The van der Waals surface area contributed by atoms with E-state index in [-0.39, 0.29) is 24.1 Å². The minimum atomic E-state index is -1.14. The monoisotopic (exact) mass is 198 g/mol. The highest BCUT2D eigenvalue weighted by Gasteiger charge is 2.08. The molecule has 0 bridgehead atoms. The molecule has 0 aliphatic carbocycles. The summed E-state index contributed by atoms with van der Waals surface area (Å²) in [6, 6.07) is 2.76. The summed E-state index contributed by atoms with van der Waals surface area (Å²) in [7, 11) is 1.51. The molecular formula is C8H10N2O4. The molecule has 0 radical (unpaired) electrons. The summed E-state index contributed by atoms with van der Waals surface area (Å²) < 4.78 is 4.85. The Bertz CT molecular complexity index is 345. The molecule has 14 heavy (non-hydrogen) atoms.